The largest absolute Gasteiger partial charge is 0.287 e. The summed E-state index contributed by atoms with van der Waals surface area (Å²) in [6.45, 7) is 3.92. The number of aryl methyl sites for hydroxylation is 2. The molecule has 0 atom stereocenters. The molecule has 0 saturated heterocycles. The summed E-state index contributed by atoms with van der Waals surface area (Å²) in [4.78, 5) is 16.2. The molecule has 3 heteroatoms. The van der Waals surface area contributed by atoms with Crippen LogP contribution in [0.1, 0.15) is 27.2 Å². The van der Waals surface area contributed by atoms with Crippen molar-refractivity contribution in [3.05, 3.63) is 65.0 Å². The monoisotopic (exact) mass is 247 g/mol. The van der Waals surface area contributed by atoms with Gasteiger partial charge in [0, 0.05) is 11.8 Å². The van der Waals surface area contributed by atoms with Gasteiger partial charge in [-0.2, -0.15) is 0 Å². The molecular formula is C14H14ClNO. The Kier molecular flexibility index (Phi) is 4.41. The van der Waals surface area contributed by atoms with Crippen LogP contribution < -0.4 is 0 Å². The van der Waals surface area contributed by atoms with Gasteiger partial charge in [0.15, 0.2) is 0 Å². The highest BCUT2D eigenvalue weighted by atomic mass is 35.5. The van der Waals surface area contributed by atoms with Crippen molar-refractivity contribution in [2.45, 2.75) is 13.8 Å². The maximum Gasteiger partial charge on any atom is 0.211 e. The van der Waals surface area contributed by atoms with E-state index in [1.54, 1.807) is 12.3 Å². The number of aromatic nitrogens is 1. The van der Waals surface area contributed by atoms with Gasteiger partial charge in [-0.3, -0.25) is 9.78 Å². The fourth-order valence-corrected chi connectivity index (χ4v) is 1.54. The van der Waals surface area contributed by atoms with Crippen molar-refractivity contribution >= 4 is 18.2 Å². The maximum absolute atomic E-state index is 12.0. The highest BCUT2D eigenvalue weighted by molar-refractivity contribution is 6.07. The lowest BCUT2D eigenvalue weighted by molar-refractivity contribution is 0.103. The van der Waals surface area contributed by atoms with Gasteiger partial charge >= 0.3 is 0 Å². The molecule has 2 nitrogen and oxygen atoms in total. The van der Waals surface area contributed by atoms with Gasteiger partial charge in [0.05, 0.1) is 0 Å². The Morgan fingerprint density at radius 1 is 1.06 bits per heavy atom. The first-order chi connectivity index (χ1) is 7.66. The first-order valence-corrected chi connectivity index (χ1v) is 5.21. The van der Waals surface area contributed by atoms with Crippen LogP contribution in [0.4, 0.5) is 0 Å². The topological polar surface area (TPSA) is 30.0 Å². The van der Waals surface area contributed by atoms with Crippen LogP contribution in [0, 0.1) is 13.8 Å². The van der Waals surface area contributed by atoms with E-state index in [2.05, 4.69) is 4.98 Å². The molecule has 0 amide bonds. The van der Waals surface area contributed by atoms with Crippen LogP contribution >= 0.6 is 12.4 Å². The molecule has 0 unspecified atom stereocenters. The summed E-state index contributed by atoms with van der Waals surface area (Å²) in [5.41, 5.74) is 3.33. The Labute approximate surface area is 107 Å². The smallest absolute Gasteiger partial charge is 0.211 e. The highest BCUT2D eigenvalue weighted by Crippen LogP contribution is 2.10. The van der Waals surface area contributed by atoms with Gasteiger partial charge in [-0.15, -0.1) is 12.4 Å². The second kappa shape index (κ2) is 5.60. The molecule has 2 rings (SSSR count). The number of benzene rings is 1. The lowest BCUT2D eigenvalue weighted by Gasteiger charge is -2.01. The lowest BCUT2D eigenvalue weighted by atomic mass is 10.1. The Morgan fingerprint density at radius 2 is 1.82 bits per heavy atom. The zero-order chi connectivity index (χ0) is 11.5. The quantitative estimate of drug-likeness (QED) is 0.762. The summed E-state index contributed by atoms with van der Waals surface area (Å²) >= 11 is 0. The third-order valence-corrected chi connectivity index (χ3v) is 2.42. The minimum absolute atomic E-state index is 0. The average molecular weight is 248 g/mol. The zero-order valence-corrected chi connectivity index (χ0v) is 10.6. The average Bonchev–Trinajstić information content (AvgIpc) is 2.29. The van der Waals surface area contributed by atoms with E-state index >= 15 is 0 Å². The van der Waals surface area contributed by atoms with Crippen LogP contribution in [-0.4, -0.2) is 10.8 Å². The van der Waals surface area contributed by atoms with Gasteiger partial charge < -0.3 is 0 Å². The molecule has 0 aliphatic rings. The summed E-state index contributed by atoms with van der Waals surface area (Å²) in [5.74, 6) is -0.0244. The number of rotatable bonds is 2. The number of ketones is 1. The van der Waals surface area contributed by atoms with E-state index in [-0.39, 0.29) is 18.2 Å². The number of hydrogen-bond acceptors (Lipinski definition) is 2. The molecule has 17 heavy (non-hydrogen) atoms. The number of pyridine rings is 1. The van der Waals surface area contributed by atoms with Gasteiger partial charge in [0.2, 0.25) is 5.78 Å². The second-order valence-corrected chi connectivity index (χ2v) is 3.92. The van der Waals surface area contributed by atoms with Crippen molar-refractivity contribution < 1.29 is 4.79 Å². The molecule has 1 aromatic heterocycles. The summed E-state index contributed by atoms with van der Waals surface area (Å²) in [7, 11) is 0. The van der Waals surface area contributed by atoms with Crippen molar-refractivity contribution in [1.29, 1.82) is 0 Å². The van der Waals surface area contributed by atoms with Crippen LogP contribution in [0.3, 0.4) is 0 Å². The molecule has 0 aliphatic carbocycles. The third-order valence-electron chi connectivity index (χ3n) is 2.42. The Balaban J connectivity index is 0.00000144. The van der Waals surface area contributed by atoms with Crippen molar-refractivity contribution in [3.8, 4) is 0 Å². The molecule has 0 N–H and O–H groups in total. The van der Waals surface area contributed by atoms with E-state index < -0.39 is 0 Å². The van der Waals surface area contributed by atoms with Crippen LogP contribution in [0.2, 0.25) is 0 Å². The Hall–Kier alpha value is -1.67. The van der Waals surface area contributed by atoms with E-state index in [4.69, 9.17) is 0 Å². The van der Waals surface area contributed by atoms with E-state index in [1.165, 1.54) is 0 Å². The minimum atomic E-state index is -0.0244. The predicted molar refractivity (Wildman–Crippen MR) is 70.8 cm³/mol. The summed E-state index contributed by atoms with van der Waals surface area (Å²) < 4.78 is 0. The predicted octanol–water partition coefficient (Wildman–Crippen LogP) is 3.35. The van der Waals surface area contributed by atoms with E-state index in [0.29, 0.717) is 11.3 Å². The fraction of sp³-hybridized carbons (Fsp3) is 0.143. The summed E-state index contributed by atoms with van der Waals surface area (Å²) in [6.07, 6.45) is 1.71. The molecule has 0 aliphatic heterocycles. The normalized spacial score (nSPS) is 9.53. The molecule has 0 fully saturated rings. The SMILES string of the molecule is Cc1ccc(C(=O)c2cccc(C)c2)nc1.Cl. The lowest BCUT2D eigenvalue weighted by Crippen LogP contribution is -2.03. The first kappa shape index (κ1) is 13.4. The van der Waals surface area contributed by atoms with E-state index in [1.807, 2.05) is 44.2 Å². The third kappa shape index (κ3) is 3.14. The van der Waals surface area contributed by atoms with Gasteiger partial charge in [-0.1, -0.05) is 29.8 Å². The minimum Gasteiger partial charge on any atom is -0.287 e. The van der Waals surface area contributed by atoms with Gasteiger partial charge in [-0.05, 0) is 31.5 Å². The molecule has 88 valence electrons. The maximum atomic E-state index is 12.0. The van der Waals surface area contributed by atoms with Gasteiger partial charge in [0.1, 0.15) is 5.69 Å². The molecule has 0 bridgehead atoms. The number of nitrogens with zero attached hydrogens (tertiary/aromatic N) is 1. The van der Waals surface area contributed by atoms with Crippen LogP contribution in [-0.2, 0) is 0 Å². The van der Waals surface area contributed by atoms with E-state index in [9.17, 15) is 4.79 Å². The number of halogens is 1. The Morgan fingerprint density at radius 3 is 2.41 bits per heavy atom. The molecule has 2 aromatic rings. The van der Waals surface area contributed by atoms with Gasteiger partial charge in [-0.25, -0.2) is 0 Å². The standard InChI is InChI=1S/C14H13NO.ClH/c1-10-4-3-5-12(8-10)14(16)13-7-6-11(2)9-15-13;/h3-9H,1-2H3;1H. The molecule has 1 aromatic carbocycles. The Bertz CT molecular complexity index is 520. The first-order valence-electron chi connectivity index (χ1n) is 5.21. The van der Waals surface area contributed by atoms with Crippen LogP contribution in [0.5, 0.6) is 0 Å². The highest BCUT2D eigenvalue weighted by Gasteiger charge is 2.09. The van der Waals surface area contributed by atoms with Crippen molar-refractivity contribution in [1.82, 2.24) is 4.98 Å². The van der Waals surface area contributed by atoms with E-state index in [0.717, 1.165) is 11.1 Å². The molecule has 0 saturated carbocycles. The van der Waals surface area contributed by atoms with Crippen molar-refractivity contribution in [2.24, 2.45) is 0 Å². The molecule has 1 heterocycles. The molecule has 0 radical (unpaired) electrons. The molecule has 0 spiro atoms. The van der Waals surface area contributed by atoms with Gasteiger partial charge in [0.25, 0.3) is 0 Å². The number of carbonyl (C=O) groups is 1. The summed E-state index contributed by atoms with van der Waals surface area (Å²) in [5, 5.41) is 0. The summed E-state index contributed by atoms with van der Waals surface area (Å²) in [6, 6.07) is 11.2. The zero-order valence-electron chi connectivity index (χ0n) is 9.81. The van der Waals surface area contributed by atoms with Crippen LogP contribution in [0.15, 0.2) is 42.6 Å². The van der Waals surface area contributed by atoms with Crippen molar-refractivity contribution in [2.75, 3.05) is 0 Å². The fourth-order valence-electron chi connectivity index (χ4n) is 1.54. The number of carbonyl (C=O) groups excluding carboxylic acids is 1. The molecular weight excluding hydrogens is 234 g/mol. The second-order valence-electron chi connectivity index (χ2n) is 3.92. The number of hydrogen-bond donors (Lipinski definition) is 0. The van der Waals surface area contributed by atoms with Crippen LogP contribution in [0.25, 0.3) is 0 Å². The van der Waals surface area contributed by atoms with Crippen molar-refractivity contribution in [3.63, 3.8) is 0 Å².